The molecule has 1 amide bonds. The van der Waals surface area contributed by atoms with E-state index in [0.29, 0.717) is 13.0 Å². The predicted octanol–water partition coefficient (Wildman–Crippen LogP) is 4.78. The average molecular weight is 415 g/mol. The molecule has 0 saturated heterocycles. The third-order valence-electron chi connectivity index (χ3n) is 6.22. The van der Waals surface area contributed by atoms with Crippen LogP contribution < -0.4 is 10.1 Å². The van der Waals surface area contributed by atoms with E-state index in [1.807, 2.05) is 66.7 Å². The zero-order valence-corrected chi connectivity index (χ0v) is 18.3. The third-order valence-corrected chi connectivity index (χ3v) is 6.22. The lowest BCUT2D eigenvalue weighted by Crippen LogP contribution is -2.50. The molecule has 1 aliphatic heterocycles. The molecule has 0 saturated carbocycles. The van der Waals surface area contributed by atoms with E-state index < -0.39 is 5.41 Å². The molecule has 0 unspecified atom stereocenters. The number of likely N-dealkylation sites (N-methyl/N-ethyl adjacent to an activating group) is 1. The summed E-state index contributed by atoms with van der Waals surface area (Å²) in [7, 11) is 0. The standard InChI is InChI=1S/C27H30N2O2/c1-3-29(4-2)19-18-28-26(30)27(20-21-12-6-5-7-13-21)22-14-8-10-16-24(22)31-25-17-11-9-15-23(25)27/h5-17H,3-4,18-20H2,1-2H3,(H,28,30). The maximum Gasteiger partial charge on any atom is 0.235 e. The maximum atomic E-state index is 14.0. The molecule has 1 heterocycles. The molecule has 31 heavy (non-hydrogen) atoms. The zero-order chi connectivity index (χ0) is 21.7. The first kappa shape index (κ1) is 21.1. The van der Waals surface area contributed by atoms with Gasteiger partial charge in [-0.05, 0) is 37.2 Å². The van der Waals surface area contributed by atoms with E-state index in [4.69, 9.17) is 4.74 Å². The minimum absolute atomic E-state index is 0.0201. The van der Waals surface area contributed by atoms with E-state index in [2.05, 4.69) is 36.2 Å². The quantitative estimate of drug-likeness (QED) is 0.577. The third kappa shape index (κ3) is 4.08. The van der Waals surface area contributed by atoms with Crippen LogP contribution in [0.3, 0.4) is 0 Å². The second-order valence-electron chi connectivity index (χ2n) is 7.94. The van der Waals surface area contributed by atoms with Crippen LogP contribution in [0.1, 0.15) is 30.5 Å². The fourth-order valence-electron chi connectivity index (χ4n) is 4.52. The SMILES string of the molecule is CCN(CC)CCNC(=O)C1(Cc2ccccc2)c2ccccc2Oc2ccccc21. The summed E-state index contributed by atoms with van der Waals surface area (Å²) in [6.07, 6.45) is 0.572. The highest BCUT2D eigenvalue weighted by molar-refractivity contribution is 5.95. The van der Waals surface area contributed by atoms with Crippen LogP contribution in [0.15, 0.2) is 78.9 Å². The molecule has 4 rings (SSSR count). The molecule has 0 spiro atoms. The van der Waals surface area contributed by atoms with Crippen molar-refractivity contribution < 1.29 is 9.53 Å². The van der Waals surface area contributed by atoms with E-state index in [0.717, 1.165) is 47.8 Å². The first-order valence-electron chi connectivity index (χ1n) is 11.1. The van der Waals surface area contributed by atoms with Gasteiger partial charge in [0.2, 0.25) is 5.91 Å². The topological polar surface area (TPSA) is 41.6 Å². The normalized spacial score (nSPS) is 13.8. The average Bonchev–Trinajstić information content (AvgIpc) is 2.82. The second-order valence-corrected chi connectivity index (χ2v) is 7.94. The van der Waals surface area contributed by atoms with Crippen LogP contribution in [0.25, 0.3) is 0 Å². The van der Waals surface area contributed by atoms with Crippen LogP contribution in [0.5, 0.6) is 11.5 Å². The number of nitrogens with one attached hydrogen (secondary N) is 1. The summed E-state index contributed by atoms with van der Waals surface area (Å²) < 4.78 is 6.21. The van der Waals surface area contributed by atoms with Gasteiger partial charge in [0.25, 0.3) is 0 Å². The molecule has 0 aromatic heterocycles. The fraction of sp³-hybridized carbons (Fsp3) is 0.296. The number of benzene rings is 3. The Morgan fingerprint density at radius 2 is 1.39 bits per heavy atom. The minimum atomic E-state index is -0.851. The lowest BCUT2D eigenvalue weighted by Gasteiger charge is -2.39. The molecule has 0 aliphatic carbocycles. The lowest BCUT2D eigenvalue weighted by atomic mass is 9.68. The summed E-state index contributed by atoms with van der Waals surface area (Å²) in [6, 6.07) is 26.1. The van der Waals surface area contributed by atoms with Crippen LogP contribution in [0, 0.1) is 0 Å². The van der Waals surface area contributed by atoms with Gasteiger partial charge >= 0.3 is 0 Å². The lowest BCUT2D eigenvalue weighted by molar-refractivity contribution is -0.125. The number of nitrogens with zero attached hydrogens (tertiary/aromatic N) is 1. The molecule has 3 aromatic rings. The molecular formula is C27H30N2O2. The summed E-state index contributed by atoms with van der Waals surface area (Å²) in [5.74, 6) is 1.51. The Bertz CT molecular complexity index is 983. The number of carbonyl (C=O) groups excluding carboxylic acids is 1. The summed E-state index contributed by atoms with van der Waals surface area (Å²) in [5, 5.41) is 3.26. The van der Waals surface area contributed by atoms with Crippen LogP contribution in [0.4, 0.5) is 0 Å². The van der Waals surface area contributed by atoms with Crippen LogP contribution in [-0.2, 0) is 16.6 Å². The fourth-order valence-corrected chi connectivity index (χ4v) is 4.52. The Hall–Kier alpha value is -3.11. The summed E-state index contributed by atoms with van der Waals surface area (Å²) in [5.41, 5.74) is 2.10. The number of para-hydroxylation sites is 2. The van der Waals surface area contributed by atoms with Gasteiger partial charge in [0.15, 0.2) is 0 Å². The monoisotopic (exact) mass is 414 g/mol. The van der Waals surface area contributed by atoms with Crippen molar-refractivity contribution in [3.63, 3.8) is 0 Å². The Morgan fingerprint density at radius 3 is 1.97 bits per heavy atom. The van der Waals surface area contributed by atoms with Gasteiger partial charge in [-0.2, -0.15) is 0 Å². The van der Waals surface area contributed by atoms with E-state index in [1.54, 1.807) is 0 Å². The Kier molecular flexibility index (Phi) is 6.38. The molecule has 4 heteroatoms. The number of carbonyl (C=O) groups is 1. The van der Waals surface area contributed by atoms with E-state index in [9.17, 15) is 4.79 Å². The number of rotatable bonds is 8. The van der Waals surface area contributed by atoms with E-state index in [-0.39, 0.29) is 5.91 Å². The van der Waals surface area contributed by atoms with Crippen molar-refractivity contribution >= 4 is 5.91 Å². The van der Waals surface area contributed by atoms with Gasteiger partial charge < -0.3 is 15.0 Å². The van der Waals surface area contributed by atoms with Crippen molar-refractivity contribution in [1.29, 1.82) is 0 Å². The Morgan fingerprint density at radius 1 is 0.839 bits per heavy atom. The molecule has 1 N–H and O–H groups in total. The smallest absolute Gasteiger partial charge is 0.235 e. The van der Waals surface area contributed by atoms with Crippen molar-refractivity contribution in [3.05, 3.63) is 95.6 Å². The second kappa shape index (κ2) is 9.36. The molecule has 4 nitrogen and oxygen atoms in total. The highest BCUT2D eigenvalue weighted by atomic mass is 16.5. The highest BCUT2D eigenvalue weighted by Gasteiger charge is 2.48. The van der Waals surface area contributed by atoms with Crippen molar-refractivity contribution in [2.24, 2.45) is 0 Å². The number of hydrogen-bond donors (Lipinski definition) is 1. The predicted molar refractivity (Wildman–Crippen MR) is 125 cm³/mol. The first-order valence-corrected chi connectivity index (χ1v) is 11.1. The van der Waals surface area contributed by atoms with Crippen LogP contribution in [0.2, 0.25) is 0 Å². The molecule has 0 fully saturated rings. The summed E-state index contributed by atoms with van der Waals surface area (Å²) in [4.78, 5) is 16.3. The van der Waals surface area contributed by atoms with Gasteiger partial charge in [-0.25, -0.2) is 0 Å². The van der Waals surface area contributed by atoms with E-state index >= 15 is 0 Å². The molecule has 3 aromatic carbocycles. The molecule has 0 radical (unpaired) electrons. The summed E-state index contributed by atoms with van der Waals surface area (Å²) >= 11 is 0. The molecule has 0 atom stereocenters. The van der Waals surface area contributed by atoms with Gasteiger partial charge in [-0.3, -0.25) is 4.79 Å². The zero-order valence-electron chi connectivity index (χ0n) is 18.3. The number of hydrogen-bond acceptors (Lipinski definition) is 3. The van der Waals surface area contributed by atoms with Gasteiger partial charge in [-0.1, -0.05) is 80.6 Å². The maximum absolute atomic E-state index is 14.0. The van der Waals surface area contributed by atoms with Crippen molar-refractivity contribution in [2.75, 3.05) is 26.2 Å². The van der Waals surface area contributed by atoms with Crippen molar-refractivity contribution in [2.45, 2.75) is 25.7 Å². The number of fused-ring (bicyclic) bond motifs is 2. The Balaban J connectivity index is 1.79. The summed E-state index contributed by atoms with van der Waals surface area (Å²) in [6.45, 7) is 7.69. The van der Waals surface area contributed by atoms with Gasteiger partial charge in [0.05, 0.1) is 0 Å². The van der Waals surface area contributed by atoms with E-state index in [1.165, 1.54) is 0 Å². The van der Waals surface area contributed by atoms with Crippen molar-refractivity contribution in [3.8, 4) is 11.5 Å². The Labute approximate surface area is 184 Å². The number of amides is 1. The van der Waals surface area contributed by atoms with Gasteiger partial charge in [0, 0.05) is 24.2 Å². The molecular weight excluding hydrogens is 384 g/mol. The first-order chi connectivity index (χ1) is 15.2. The van der Waals surface area contributed by atoms with Crippen LogP contribution >= 0.6 is 0 Å². The van der Waals surface area contributed by atoms with Crippen LogP contribution in [-0.4, -0.2) is 37.0 Å². The minimum Gasteiger partial charge on any atom is -0.457 e. The van der Waals surface area contributed by atoms with Gasteiger partial charge in [0.1, 0.15) is 16.9 Å². The highest BCUT2D eigenvalue weighted by Crippen LogP contribution is 2.49. The molecule has 1 aliphatic rings. The van der Waals surface area contributed by atoms with Crippen molar-refractivity contribution in [1.82, 2.24) is 10.2 Å². The molecule has 0 bridgehead atoms. The number of ether oxygens (including phenoxy) is 1. The largest absolute Gasteiger partial charge is 0.457 e. The molecule has 160 valence electrons. The van der Waals surface area contributed by atoms with Gasteiger partial charge in [-0.15, -0.1) is 0 Å².